The molecule has 2 aromatic rings. The molecule has 6 amide bonds. The van der Waals surface area contributed by atoms with E-state index in [9.17, 15) is 42.3 Å². The van der Waals surface area contributed by atoms with Crippen LogP contribution >= 0.6 is 0 Å². The summed E-state index contributed by atoms with van der Waals surface area (Å²) in [4.78, 5) is 82.0. The molecular formula is C34H44N6O9S. The molecule has 2 saturated heterocycles. The zero-order valence-electron chi connectivity index (χ0n) is 28.3. The third kappa shape index (κ3) is 9.65. The zero-order valence-corrected chi connectivity index (χ0v) is 29.2. The quantitative estimate of drug-likeness (QED) is 0.219. The SMILES string of the molecule is CC(C)C[C@@H]1NC(=O)C[C@@H](c2ccccc2)NC(=O)[C@H](C)NC(=O)[C@@H]2C[C@H](NC(=O)c3cccc(S(C)(=O)=O)c3)CN2C(=O)[C@H](CO)NC1=O. The molecule has 15 nitrogen and oxygen atoms in total. The standard InChI is InChI=1S/C34H44N6O9S/c1-19(2)13-26-32(45)39-27(18-41)34(47)40-17-23(36-31(44)22-11-8-12-24(14-22)50(4,48)49)15-28(40)33(46)35-20(3)30(43)38-25(16-29(42)37-26)21-9-6-5-7-10-21/h5-12,14,19-20,23,25-28,41H,13,15-18H2,1-4H3,(H,35,46)(H,36,44)(H,37,42)(H,38,43)(H,39,45)/t20-,23-,25-,26-,27-,28-/m0/s1. The van der Waals surface area contributed by atoms with Gasteiger partial charge < -0.3 is 36.6 Å². The van der Waals surface area contributed by atoms with Crippen molar-refractivity contribution in [2.75, 3.05) is 19.4 Å². The fourth-order valence-electron chi connectivity index (χ4n) is 5.98. The highest BCUT2D eigenvalue weighted by Gasteiger charge is 2.43. The predicted molar refractivity (Wildman–Crippen MR) is 181 cm³/mol. The molecule has 4 rings (SSSR count). The Morgan fingerprint density at radius 2 is 1.62 bits per heavy atom. The minimum Gasteiger partial charge on any atom is -0.394 e. The van der Waals surface area contributed by atoms with Crippen LogP contribution in [-0.2, 0) is 33.8 Å². The summed E-state index contributed by atoms with van der Waals surface area (Å²) in [6.07, 6.45) is 0.892. The summed E-state index contributed by atoms with van der Waals surface area (Å²) in [5, 5.41) is 23.6. The Bertz CT molecular complexity index is 1720. The number of benzene rings is 2. The summed E-state index contributed by atoms with van der Waals surface area (Å²) in [5.41, 5.74) is 0.662. The van der Waals surface area contributed by atoms with Crippen LogP contribution in [0.25, 0.3) is 0 Å². The predicted octanol–water partition coefficient (Wildman–Crippen LogP) is -0.437. The largest absolute Gasteiger partial charge is 0.394 e. The minimum absolute atomic E-state index is 0.0428. The summed E-state index contributed by atoms with van der Waals surface area (Å²) in [5.74, 6) is -4.13. The van der Waals surface area contributed by atoms with Crippen molar-refractivity contribution >= 4 is 45.3 Å². The number of carbonyl (C=O) groups excluding carboxylic acids is 6. The fourth-order valence-corrected chi connectivity index (χ4v) is 6.65. The monoisotopic (exact) mass is 712 g/mol. The van der Waals surface area contributed by atoms with Gasteiger partial charge in [0, 0.05) is 24.4 Å². The summed E-state index contributed by atoms with van der Waals surface area (Å²) >= 11 is 0. The van der Waals surface area contributed by atoms with Gasteiger partial charge in [-0.25, -0.2) is 8.42 Å². The Morgan fingerprint density at radius 3 is 2.26 bits per heavy atom. The van der Waals surface area contributed by atoms with Crippen LogP contribution in [0, 0.1) is 5.92 Å². The van der Waals surface area contributed by atoms with Crippen molar-refractivity contribution in [3.63, 3.8) is 0 Å². The molecule has 2 aromatic carbocycles. The van der Waals surface area contributed by atoms with Gasteiger partial charge in [0.2, 0.25) is 29.5 Å². The van der Waals surface area contributed by atoms with Gasteiger partial charge in [-0.05, 0) is 49.4 Å². The molecule has 0 bridgehead atoms. The molecule has 2 aliphatic heterocycles. The van der Waals surface area contributed by atoms with E-state index in [-0.39, 0.29) is 42.2 Å². The van der Waals surface area contributed by atoms with E-state index >= 15 is 0 Å². The van der Waals surface area contributed by atoms with Gasteiger partial charge in [0.1, 0.15) is 24.2 Å². The van der Waals surface area contributed by atoms with Crippen LogP contribution in [0.4, 0.5) is 0 Å². The maximum atomic E-state index is 13.9. The van der Waals surface area contributed by atoms with Crippen molar-refractivity contribution in [3.8, 4) is 0 Å². The van der Waals surface area contributed by atoms with E-state index in [0.717, 1.165) is 11.2 Å². The highest BCUT2D eigenvalue weighted by Crippen LogP contribution is 2.22. The molecule has 50 heavy (non-hydrogen) atoms. The third-order valence-corrected chi connectivity index (χ3v) is 9.67. The second kappa shape index (κ2) is 16.3. The average Bonchev–Trinajstić information content (AvgIpc) is 3.49. The number of aliphatic hydroxyl groups is 1. The molecule has 0 unspecified atom stereocenters. The van der Waals surface area contributed by atoms with Crippen LogP contribution in [0.15, 0.2) is 59.5 Å². The lowest BCUT2D eigenvalue weighted by Crippen LogP contribution is -2.59. The maximum absolute atomic E-state index is 13.9. The van der Waals surface area contributed by atoms with Crippen molar-refractivity contribution in [2.24, 2.45) is 5.92 Å². The second-order valence-corrected chi connectivity index (χ2v) is 15.1. The lowest BCUT2D eigenvalue weighted by Gasteiger charge is -2.30. The first-order valence-corrected chi connectivity index (χ1v) is 18.2. The number of nitrogens with zero attached hydrogens (tertiary/aromatic N) is 1. The normalized spacial score (nSPS) is 25.6. The molecule has 2 fully saturated rings. The molecule has 0 radical (unpaired) electrons. The van der Waals surface area contributed by atoms with E-state index in [1.165, 1.54) is 31.2 Å². The molecule has 2 heterocycles. The molecule has 0 spiro atoms. The number of nitrogens with one attached hydrogen (secondary N) is 5. The number of hydrogen-bond acceptors (Lipinski definition) is 9. The highest BCUT2D eigenvalue weighted by atomic mass is 32.2. The van der Waals surface area contributed by atoms with Gasteiger partial charge in [0.25, 0.3) is 5.91 Å². The molecule has 0 aliphatic carbocycles. The topological polar surface area (TPSA) is 220 Å². The smallest absolute Gasteiger partial charge is 0.251 e. The first kappa shape index (κ1) is 38.0. The van der Waals surface area contributed by atoms with E-state index in [2.05, 4.69) is 26.6 Å². The molecule has 2 aliphatic rings. The van der Waals surface area contributed by atoms with Crippen molar-refractivity contribution in [3.05, 3.63) is 65.7 Å². The Morgan fingerprint density at radius 1 is 0.920 bits per heavy atom. The number of aliphatic hydroxyl groups excluding tert-OH is 1. The number of fused-ring (bicyclic) bond motifs is 1. The molecule has 0 saturated carbocycles. The van der Waals surface area contributed by atoms with Gasteiger partial charge in [-0.1, -0.05) is 50.2 Å². The van der Waals surface area contributed by atoms with Crippen molar-refractivity contribution in [1.82, 2.24) is 31.5 Å². The van der Waals surface area contributed by atoms with Crippen LogP contribution in [0.3, 0.4) is 0 Å². The van der Waals surface area contributed by atoms with E-state index < -0.39 is 88.1 Å². The first-order valence-electron chi connectivity index (χ1n) is 16.3. The molecule has 270 valence electrons. The summed E-state index contributed by atoms with van der Waals surface area (Å²) < 4.78 is 24.1. The molecule has 16 heteroatoms. The van der Waals surface area contributed by atoms with Gasteiger partial charge >= 0.3 is 0 Å². The lowest BCUT2D eigenvalue weighted by atomic mass is 10.00. The Hall–Kier alpha value is -4.83. The van der Waals surface area contributed by atoms with Crippen molar-refractivity contribution in [1.29, 1.82) is 0 Å². The lowest BCUT2D eigenvalue weighted by molar-refractivity contribution is -0.143. The van der Waals surface area contributed by atoms with E-state index in [4.69, 9.17) is 0 Å². The Labute approximate surface area is 290 Å². The summed E-state index contributed by atoms with van der Waals surface area (Å²) in [6, 6.07) is 7.60. The molecule has 0 aromatic heterocycles. The van der Waals surface area contributed by atoms with Gasteiger partial charge in [0.05, 0.1) is 24.0 Å². The Kier molecular flexibility index (Phi) is 12.3. The van der Waals surface area contributed by atoms with E-state index in [1.807, 2.05) is 13.8 Å². The summed E-state index contributed by atoms with van der Waals surface area (Å²) in [7, 11) is -3.60. The van der Waals surface area contributed by atoms with E-state index in [0.29, 0.717) is 5.56 Å². The van der Waals surface area contributed by atoms with Crippen molar-refractivity contribution < 1.29 is 42.3 Å². The highest BCUT2D eigenvalue weighted by molar-refractivity contribution is 7.90. The first-order chi connectivity index (χ1) is 23.6. The number of amides is 6. The molecule has 6 N–H and O–H groups in total. The van der Waals surface area contributed by atoms with Crippen LogP contribution in [-0.4, -0.2) is 103 Å². The Balaban J connectivity index is 1.66. The van der Waals surface area contributed by atoms with Crippen LogP contribution < -0.4 is 26.6 Å². The van der Waals surface area contributed by atoms with Crippen LogP contribution in [0.2, 0.25) is 0 Å². The second-order valence-electron chi connectivity index (χ2n) is 13.1. The average molecular weight is 713 g/mol. The van der Waals surface area contributed by atoms with Gasteiger partial charge in [-0.3, -0.25) is 28.8 Å². The number of hydrogen-bond donors (Lipinski definition) is 6. The van der Waals surface area contributed by atoms with Crippen LogP contribution in [0.5, 0.6) is 0 Å². The van der Waals surface area contributed by atoms with E-state index in [1.54, 1.807) is 30.3 Å². The van der Waals surface area contributed by atoms with Crippen molar-refractivity contribution in [2.45, 2.75) is 81.2 Å². The summed E-state index contributed by atoms with van der Waals surface area (Å²) in [6.45, 7) is 4.11. The number of sulfone groups is 1. The number of rotatable bonds is 7. The minimum atomic E-state index is -3.60. The number of carbonyl (C=O) groups is 6. The van der Waals surface area contributed by atoms with Gasteiger partial charge in [-0.2, -0.15) is 0 Å². The maximum Gasteiger partial charge on any atom is 0.251 e. The zero-order chi connectivity index (χ0) is 36.7. The molecular weight excluding hydrogens is 668 g/mol. The third-order valence-electron chi connectivity index (χ3n) is 8.56. The van der Waals surface area contributed by atoms with Gasteiger partial charge in [-0.15, -0.1) is 0 Å². The fraction of sp³-hybridized carbons (Fsp3) is 0.471. The van der Waals surface area contributed by atoms with Crippen LogP contribution in [0.1, 0.15) is 62.0 Å². The van der Waals surface area contributed by atoms with Gasteiger partial charge in [0.15, 0.2) is 9.84 Å². The molecule has 6 atom stereocenters.